The Morgan fingerprint density at radius 3 is 2.35 bits per heavy atom. The minimum atomic E-state index is 0.0489. The molecule has 0 bridgehead atoms. The number of hydrogen-bond donors (Lipinski definition) is 0. The van der Waals surface area contributed by atoms with Crippen LogP contribution in [0.4, 0.5) is 0 Å². The molecule has 0 radical (unpaired) electrons. The number of rotatable bonds is 3. The molecular formula is C17H13ClNO+. The lowest BCUT2D eigenvalue weighted by Crippen LogP contribution is -2.38. The molecule has 0 spiro atoms. The van der Waals surface area contributed by atoms with Crippen LogP contribution in [-0.4, -0.2) is 5.78 Å². The van der Waals surface area contributed by atoms with Gasteiger partial charge >= 0.3 is 0 Å². The molecule has 0 aliphatic carbocycles. The largest absolute Gasteiger partial charge is 0.287 e. The smallest absolute Gasteiger partial charge is 0.275 e. The highest BCUT2D eigenvalue weighted by Crippen LogP contribution is 2.15. The molecule has 0 saturated carbocycles. The van der Waals surface area contributed by atoms with Gasteiger partial charge in [-0.1, -0.05) is 48.5 Å². The number of pyridine rings is 1. The van der Waals surface area contributed by atoms with Crippen molar-refractivity contribution >= 4 is 28.2 Å². The van der Waals surface area contributed by atoms with Crippen LogP contribution in [0.5, 0.6) is 0 Å². The molecule has 0 unspecified atom stereocenters. The van der Waals surface area contributed by atoms with Gasteiger partial charge in [0.25, 0.3) is 5.15 Å². The zero-order chi connectivity index (χ0) is 13.9. The maximum Gasteiger partial charge on any atom is 0.275 e. The molecule has 3 rings (SSSR count). The predicted octanol–water partition coefficient (Wildman–Crippen LogP) is 3.66. The van der Waals surface area contributed by atoms with E-state index >= 15 is 0 Å². The lowest BCUT2D eigenvalue weighted by Gasteiger charge is -2.02. The molecular weight excluding hydrogens is 270 g/mol. The first-order valence-electron chi connectivity index (χ1n) is 6.40. The van der Waals surface area contributed by atoms with Crippen molar-refractivity contribution in [1.29, 1.82) is 0 Å². The van der Waals surface area contributed by atoms with Gasteiger partial charge < -0.3 is 0 Å². The highest BCUT2D eigenvalue weighted by Gasteiger charge is 2.16. The number of fused-ring (bicyclic) bond motifs is 1. The van der Waals surface area contributed by atoms with Crippen LogP contribution in [0.25, 0.3) is 10.8 Å². The van der Waals surface area contributed by atoms with E-state index in [0.717, 1.165) is 10.8 Å². The summed E-state index contributed by atoms with van der Waals surface area (Å²) < 4.78 is 1.78. The van der Waals surface area contributed by atoms with Crippen LogP contribution in [0, 0.1) is 0 Å². The van der Waals surface area contributed by atoms with Gasteiger partial charge in [0, 0.05) is 17.0 Å². The molecule has 0 saturated heterocycles. The van der Waals surface area contributed by atoms with Gasteiger partial charge in [0.1, 0.15) is 0 Å². The summed E-state index contributed by atoms with van der Waals surface area (Å²) in [5.74, 6) is 0.0489. The molecule has 0 amide bonds. The Morgan fingerprint density at radius 2 is 1.60 bits per heavy atom. The van der Waals surface area contributed by atoms with E-state index in [-0.39, 0.29) is 12.3 Å². The topological polar surface area (TPSA) is 20.9 Å². The van der Waals surface area contributed by atoms with Crippen LogP contribution < -0.4 is 4.57 Å². The van der Waals surface area contributed by atoms with Gasteiger partial charge in [-0.25, -0.2) is 0 Å². The molecule has 1 heterocycles. The molecule has 0 aliphatic rings. The fraction of sp³-hybridized carbons (Fsp3) is 0.0588. The lowest BCUT2D eigenvalue weighted by molar-refractivity contribution is -0.679. The number of carbonyl (C=O) groups excluding carboxylic acids is 1. The third-order valence-electron chi connectivity index (χ3n) is 3.25. The Kier molecular flexibility index (Phi) is 3.48. The van der Waals surface area contributed by atoms with Gasteiger partial charge in [0.2, 0.25) is 12.3 Å². The molecule has 2 nitrogen and oxygen atoms in total. The SMILES string of the molecule is O=C(C[n+]1cc2ccccc2cc1Cl)c1ccccc1. The summed E-state index contributed by atoms with van der Waals surface area (Å²) in [5.41, 5.74) is 0.698. The van der Waals surface area contributed by atoms with Crippen LogP contribution in [-0.2, 0) is 6.54 Å². The average Bonchev–Trinajstić information content (AvgIpc) is 2.49. The summed E-state index contributed by atoms with van der Waals surface area (Å²) in [6, 6.07) is 19.1. The van der Waals surface area contributed by atoms with E-state index in [1.54, 1.807) is 4.57 Å². The minimum Gasteiger partial charge on any atom is -0.287 e. The second kappa shape index (κ2) is 5.43. The van der Waals surface area contributed by atoms with Gasteiger partial charge in [0.05, 0.1) is 0 Å². The molecule has 0 atom stereocenters. The Balaban J connectivity index is 1.95. The zero-order valence-electron chi connectivity index (χ0n) is 10.8. The number of ketones is 1. The van der Waals surface area contributed by atoms with Gasteiger partial charge in [-0.2, -0.15) is 4.57 Å². The van der Waals surface area contributed by atoms with Crippen LogP contribution in [0.15, 0.2) is 66.9 Å². The van der Waals surface area contributed by atoms with Gasteiger partial charge in [0.15, 0.2) is 6.20 Å². The summed E-state index contributed by atoms with van der Waals surface area (Å²) in [6.07, 6.45) is 1.92. The average molecular weight is 283 g/mol. The number of hydrogen-bond acceptors (Lipinski definition) is 1. The molecule has 0 aliphatic heterocycles. The maximum atomic E-state index is 12.2. The van der Waals surface area contributed by atoms with Crippen molar-refractivity contribution in [2.75, 3.05) is 0 Å². The summed E-state index contributed by atoms with van der Waals surface area (Å²) in [7, 11) is 0. The first-order chi connectivity index (χ1) is 9.74. The summed E-state index contributed by atoms with van der Waals surface area (Å²) in [5, 5.41) is 2.70. The molecule has 1 aromatic heterocycles. The predicted molar refractivity (Wildman–Crippen MR) is 79.9 cm³/mol. The first-order valence-corrected chi connectivity index (χ1v) is 6.78. The zero-order valence-corrected chi connectivity index (χ0v) is 11.5. The molecule has 20 heavy (non-hydrogen) atoms. The number of benzene rings is 2. The second-order valence-electron chi connectivity index (χ2n) is 4.64. The number of carbonyl (C=O) groups is 1. The molecule has 98 valence electrons. The third kappa shape index (κ3) is 2.56. The van der Waals surface area contributed by atoms with E-state index in [0.29, 0.717) is 10.7 Å². The van der Waals surface area contributed by atoms with Gasteiger partial charge in [-0.15, -0.1) is 0 Å². The molecule has 2 aromatic carbocycles. The number of nitrogens with zero attached hydrogens (tertiary/aromatic N) is 1. The van der Waals surface area contributed by atoms with E-state index < -0.39 is 0 Å². The van der Waals surface area contributed by atoms with Crippen LogP contribution in [0.2, 0.25) is 5.15 Å². The van der Waals surface area contributed by atoms with Crippen molar-refractivity contribution < 1.29 is 9.36 Å². The summed E-state index contributed by atoms with van der Waals surface area (Å²) in [4.78, 5) is 12.2. The van der Waals surface area contributed by atoms with Gasteiger partial charge in [-0.3, -0.25) is 4.79 Å². The normalized spacial score (nSPS) is 10.7. The quantitative estimate of drug-likeness (QED) is 0.408. The number of Topliss-reactive ketones (excluding diaryl/α,β-unsaturated/α-hetero) is 1. The van der Waals surface area contributed by atoms with Gasteiger partial charge in [-0.05, 0) is 23.1 Å². The minimum absolute atomic E-state index is 0.0489. The van der Waals surface area contributed by atoms with Crippen molar-refractivity contribution in [3.8, 4) is 0 Å². The number of aromatic nitrogens is 1. The second-order valence-corrected chi connectivity index (χ2v) is 5.03. The van der Waals surface area contributed by atoms with E-state index in [4.69, 9.17) is 11.6 Å². The standard InChI is InChI=1S/C17H13ClNO/c18-17-10-14-8-4-5-9-15(14)11-19(17)12-16(20)13-6-2-1-3-7-13/h1-11H,12H2/q+1. The monoisotopic (exact) mass is 282 g/mol. The molecule has 3 heteroatoms. The Hall–Kier alpha value is -2.19. The van der Waals surface area contributed by atoms with Crippen molar-refractivity contribution in [3.05, 3.63) is 77.6 Å². The molecule has 3 aromatic rings. The van der Waals surface area contributed by atoms with Crippen molar-refractivity contribution in [2.45, 2.75) is 6.54 Å². The highest BCUT2D eigenvalue weighted by atomic mass is 35.5. The van der Waals surface area contributed by atoms with Crippen molar-refractivity contribution in [3.63, 3.8) is 0 Å². The van der Waals surface area contributed by atoms with Crippen LogP contribution in [0.1, 0.15) is 10.4 Å². The fourth-order valence-electron chi connectivity index (χ4n) is 2.19. The Morgan fingerprint density at radius 1 is 0.950 bits per heavy atom. The van der Waals surface area contributed by atoms with E-state index in [1.165, 1.54) is 0 Å². The van der Waals surface area contributed by atoms with E-state index in [9.17, 15) is 4.79 Å². The van der Waals surface area contributed by atoms with E-state index in [1.807, 2.05) is 66.9 Å². The van der Waals surface area contributed by atoms with Crippen molar-refractivity contribution in [1.82, 2.24) is 0 Å². The molecule has 0 N–H and O–H groups in total. The van der Waals surface area contributed by atoms with Crippen LogP contribution in [0.3, 0.4) is 0 Å². The highest BCUT2D eigenvalue weighted by molar-refractivity contribution is 6.29. The third-order valence-corrected chi connectivity index (χ3v) is 3.58. The first kappa shape index (κ1) is 12.8. The number of halogens is 1. The Labute approximate surface area is 122 Å². The van der Waals surface area contributed by atoms with Crippen LogP contribution >= 0.6 is 11.6 Å². The summed E-state index contributed by atoms with van der Waals surface area (Å²) in [6.45, 7) is 0.244. The Bertz CT molecular complexity index is 768. The lowest BCUT2D eigenvalue weighted by atomic mass is 10.1. The fourth-order valence-corrected chi connectivity index (χ4v) is 2.42. The summed E-state index contributed by atoms with van der Waals surface area (Å²) >= 11 is 6.25. The molecule has 0 fully saturated rings. The van der Waals surface area contributed by atoms with E-state index in [2.05, 4.69) is 0 Å². The maximum absolute atomic E-state index is 12.2. The van der Waals surface area contributed by atoms with Crippen molar-refractivity contribution in [2.24, 2.45) is 0 Å².